The van der Waals surface area contributed by atoms with Gasteiger partial charge in [0.2, 0.25) is 0 Å². The van der Waals surface area contributed by atoms with Gasteiger partial charge in [0, 0.05) is 12.6 Å². The largest absolute Gasteiger partial charge is 0.401 e. The Bertz CT molecular complexity index is 116. The molecule has 0 rings (SSSR count). The molecule has 0 aliphatic carbocycles. The van der Waals surface area contributed by atoms with Crippen LogP contribution in [0.1, 0.15) is 19.8 Å². The maximum atomic E-state index is 11.6. The van der Waals surface area contributed by atoms with Gasteiger partial charge in [-0.1, -0.05) is 0 Å². The van der Waals surface area contributed by atoms with Gasteiger partial charge in [-0.05, 0) is 19.8 Å². The highest BCUT2D eigenvalue weighted by Gasteiger charge is 2.26. The van der Waals surface area contributed by atoms with E-state index >= 15 is 0 Å². The average molecular weight is 185 g/mol. The van der Waals surface area contributed by atoms with Crippen LogP contribution in [-0.4, -0.2) is 30.5 Å². The van der Waals surface area contributed by atoms with Crippen molar-refractivity contribution >= 4 is 0 Å². The zero-order chi connectivity index (χ0) is 9.61. The SMILES string of the molecule is CC(CCCO)NCC(F)(F)F. The molecule has 0 fully saturated rings. The molecule has 0 aliphatic rings. The van der Waals surface area contributed by atoms with Gasteiger partial charge in [-0.25, -0.2) is 0 Å². The van der Waals surface area contributed by atoms with Gasteiger partial charge < -0.3 is 10.4 Å². The normalized spacial score (nSPS) is 14.8. The Morgan fingerprint density at radius 3 is 2.42 bits per heavy atom. The van der Waals surface area contributed by atoms with Crippen LogP contribution in [0.2, 0.25) is 0 Å². The molecule has 0 saturated carbocycles. The van der Waals surface area contributed by atoms with Gasteiger partial charge in [0.15, 0.2) is 0 Å². The molecule has 0 aromatic rings. The lowest BCUT2D eigenvalue weighted by Gasteiger charge is -2.14. The Morgan fingerprint density at radius 1 is 1.42 bits per heavy atom. The topological polar surface area (TPSA) is 32.3 Å². The fraction of sp³-hybridized carbons (Fsp3) is 1.00. The summed E-state index contributed by atoms with van der Waals surface area (Å²) in [7, 11) is 0. The van der Waals surface area contributed by atoms with Crippen molar-refractivity contribution in [2.75, 3.05) is 13.2 Å². The molecule has 0 aliphatic heterocycles. The van der Waals surface area contributed by atoms with Gasteiger partial charge in [-0.3, -0.25) is 0 Å². The molecule has 0 bridgehead atoms. The average Bonchev–Trinajstić information content (AvgIpc) is 1.95. The molecule has 5 heteroatoms. The van der Waals surface area contributed by atoms with E-state index in [-0.39, 0.29) is 12.6 Å². The molecule has 2 N–H and O–H groups in total. The van der Waals surface area contributed by atoms with Gasteiger partial charge in [-0.2, -0.15) is 13.2 Å². The molecule has 0 aromatic heterocycles. The van der Waals surface area contributed by atoms with Crippen LogP contribution in [0.5, 0.6) is 0 Å². The van der Waals surface area contributed by atoms with Crippen molar-refractivity contribution in [1.29, 1.82) is 0 Å². The molecule has 74 valence electrons. The summed E-state index contributed by atoms with van der Waals surface area (Å²) in [6.45, 7) is 0.735. The summed E-state index contributed by atoms with van der Waals surface area (Å²) < 4.78 is 34.9. The first-order chi connectivity index (χ1) is 5.45. The monoisotopic (exact) mass is 185 g/mol. The Hall–Kier alpha value is -0.290. The van der Waals surface area contributed by atoms with E-state index in [2.05, 4.69) is 5.32 Å². The standard InChI is InChI=1S/C7H14F3NO/c1-6(3-2-4-12)11-5-7(8,9)10/h6,11-12H,2-5H2,1H3. The van der Waals surface area contributed by atoms with Gasteiger partial charge in [0.25, 0.3) is 0 Å². The van der Waals surface area contributed by atoms with Crippen molar-refractivity contribution < 1.29 is 18.3 Å². The van der Waals surface area contributed by atoms with E-state index in [0.717, 1.165) is 0 Å². The second-order valence-electron chi connectivity index (χ2n) is 2.76. The van der Waals surface area contributed by atoms with Crippen molar-refractivity contribution in [3.05, 3.63) is 0 Å². The van der Waals surface area contributed by atoms with E-state index in [9.17, 15) is 13.2 Å². The van der Waals surface area contributed by atoms with Crippen LogP contribution in [0.3, 0.4) is 0 Å². The third kappa shape index (κ3) is 7.81. The van der Waals surface area contributed by atoms with E-state index in [4.69, 9.17) is 5.11 Å². The minimum absolute atomic E-state index is 0.0258. The van der Waals surface area contributed by atoms with E-state index in [1.54, 1.807) is 6.92 Å². The molecule has 12 heavy (non-hydrogen) atoms. The second-order valence-corrected chi connectivity index (χ2v) is 2.76. The third-order valence-corrected chi connectivity index (χ3v) is 1.45. The fourth-order valence-corrected chi connectivity index (χ4v) is 0.789. The lowest BCUT2D eigenvalue weighted by Crippen LogP contribution is -2.35. The first-order valence-corrected chi connectivity index (χ1v) is 3.86. The van der Waals surface area contributed by atoms with Crippen LogP contribution in [0.15, 0.2) is 0 Å². The minimum Gasteiger partial charge on any atom is -0.396 e. The maximum Gasteiger partial charge on any atom is 0.401 e. The van der Waals surface area contributed by atoms with Crippen molar-refractivity contribution in [2.24, 2.45) is 0 Å². The van der Waals surface area contributed by atoms with Crippen molar-refractivity contribution in [2.45, 2.75) is 32.0 Å². The summed E-state index contributed by atoms with van der Waals surface area (Å²) in [6.07, 6.45) is -3.05. The molecule has 2 nitrogen and oxygen atoms in total. The van der Waals surface area contributed by atoms with Crippen LogP contribution in [0.4, 0.5) is 13.2 Å². The minimum atomic E-state index is -4.15. The zero-order valence-corrected chi connectivity index (χ0v) is 6.99. The molecule has 0 spiro atoms. The Kier molecular flexibility index (Phi) is 5.24. The molecule has 0 aromatic carbocycles. The molecular formula is C7H14F3NO. The van der Waals surface area contributed by atoms with Crippen LogP contribution in [0, 0.1) is 0 Å². The number of aliphatic hydroxyl groups is 1. The Balaban J connectivity index is 3.37. The van der Waals surface area contributed by atoms with Gasteiger partial charge in [0.05, 0.1) is 6.54 Å². The van der Waals surface area contributed by atoms with Crippen LogP contribution in [0.25, 0.3) is 0 Å². The molecular weight excluding hydrogens is 171 g/mol. The van der Waals surface area contributed by atoms with E-state index in [1.165, 1.54) is 0 Å². The summed E-state index contributed by atoms with van der Waals surface area (Å²) >= 11 is 0. The Labute approximate surface area is 69.8 Å². The predicted octanol–water partition coefficient (Wildman–Crippen LogP) is 1.30. The van der Waals surface area contributed by atoms with E-state index < -0.39 is 12.7 Å². The molecule has 0 heterocycles. The lowest BCUT2D eigenvalue weighted by molar-refractivity contribution is -0.126. The van der Waals surface area contributed by atoms with Crippen LogP contribution >= 0.6 is 0 Å². The number of aliphatic hydroxyl groups excluding tert-OH is 1. The van der Waals surface area contributed by atoms with E-state index in [0.29, 0.717) is 12.8 Å². The highest BCUT2D eigenvalue weighted by atomic mass is 19.4. The molecule has 0 radical (unpaired) electrons. The molecule has 0 amide bonds. The highest BCUT2D eigenvalue weighted by Crippen LogP contribution is 2.12. The van der Waals surface area contributed by atoms with Crippen LogP contribution < -0.4 is 5.32 Å². The highest BCUT2D eigenvalue weighted by molar-refractivity contribution is 4.63. The number of halogens is 3. The molecule has 1 unspecified atom stereocenters. The van der Waals surface area contributed by atoms with Gasteiger partial charge in [-0.15, -0.1) is 0 Å². The lowest BCUT2D eigenvalue weighted by atomic mass is 10.2. The number of nitrogens with one attached hydrogen (secondary N) is 1. The zero-order valence-electron chi connectivity index (χ0n) is 6.99. The number of alkyl halides is 3. The van der Waals surface area contributed by atoms with Crippen molar-refractivity contribution in [3.8, 4) is 0 Å². The van der Waals surface area contributed by atoms with Crippen LogP contribution in [-0.2, 0) is 0 Å². The van der Waals surface area contributed by atoms with Gasteiger partial charge >= 0.3 is 6.18 Å². The number of rotatable bonds is 5. The van der Waals surface area contributed by atoms with E-state index in [1.807, 2.05) is 0 Å². The summed E-state index contributed by atoms with van der Waals surface area (Å²) in [6, 6.07) is -0.196. The quantitative estimate of drug-likeness (QED) is 0.676. The Morgan fingerprint density at radius 2 is 2.00 bits per heavy atom. The van der Waals surface area contributed by atoms with Crippen molar-refractivity contribution in [3.63, 3.8) is 0 Å². The number of hydrogen-bond donors (Lipinski definition) is 2. The summed E-state index contributed by atoms with van der Waals surface area (Å²) in [5.74, 6) is 0. The summed E-state index contributed by atoms with van der Waals surface area (Å²) in [4.78, 5) is 0. The van der Waals surface area contributed by atoms with Crippen molar-refractivity contribution in [1.82, 2.24) is 5.32 Å². The molecule has 0 saturated heterocycles. The first kappa shape index (κ1) is 11.7. The smallest absolute Gasteiger partial charge is 0.396 e. The summed E-state index contributed by atoms with van der Waals surface area (Å²) in [5, 5.41) is 10.7. The first-order valence-electron chi connectivity index (χ1n) is 3.86. The maximum absolute atomic E-state index is 11.6. The fourth-order valence-electron chi connectivity index (χ4n) is 0.789. The third-order valence-electron chi connectivity index (χ3n) is 1.45. The van der Waals surface area contributed by atoms with Gasteiger partial charge in [0.1, 0.15) is 0 Å². The molecule has 1 atom stereocenters. The second kappa shape index (κ2) is 5.37. The summed E-state index contributed by atoms with van der Waals surface area (Å²) in [5.41, 5.74) is 0. The number of hydrogen-bond acceptors (Lipinski definition) is 2. The predicted molar refractivity (Wildman–Crippen MR) is 39.8 cm³/mol.